The van der Waals surface area contributed by atoms with Crippen LogP contribution in [0.5, 0.6) is 5.75 Å². The number of hydrogen-bond acceptors (Lipinski definition) is 3. The molecular weight excluding hydrogens is 352 g/mol. The molecular formula is C20H23ClN2O3. The number of carbonyl (C=O) groups excluding carboxylic acids is 2. The Morgan fingerprint density at radius 3 is 2.58 bits per heavy atom. The summed E-state index contributed by atoms with van der Waals surface area (Å²) in [4.78, 5) is 25.6. The molecule has 0 aliphatic carbocycles. The molecule has 26 heavy (non-hydrogen) atoms. The number of carbonyl (C=O) groups is 2. The monoisotopic (exact) mass is 374 g/mol. The first-order valence-corrected chi connectivity index (χ1v) is 8.73. The average molecular weight is 375 g/mol. The van der Waals surface area contributed by atoms with E-state index in [1.807, 2.05) is 32.0 Å². The van der Waals surface area contributed by atoms with Gasteiger partial charge in [-0.3, -0.25) is 9.59 Å². The lowest BCUT2D eigenvalue weighted by molar-refractivity contribution is -0.133. The molecule has 2 aromatic carbocycles. The zero-order valence-corrected chi connectivity index (χ0v) is 16.0. The Hall–Kier alpha value is -2.53. The normalized spacial score (nSPS) is 10.3. The van der Waals surface area contributed by atoms with Crippen LogP contribution >= 0.6 is 11.6 Å². The van der Waals surface area contributed by atoms with Crippen LogP contribution in [0.25, 0.3) is 0 Å². The maximum Gasteiger partial charge on any atom is 0.244 e. The van der Waals surface area contributed by atoms with E-state index in [2.05, 4.69) is 5.32 Å². The van der Waals surface area contributed by atoms with E-state index in [0.717, 1.165) is 16.9 Å². The third-order valence-corrected chi connectivity index (χ3v) is 4.41. The summed E-state index contributed by atoms with van der Waals surface area (Å²) in [6.07, 6.45) is 0.198. The molecule has 0 saturated heterocycles. The highest BCUT2D eigenvalue weighted by molar-refractivity contribution is 6.33. The number of ether oxygens (including phenoxy) is 1. The van der Waals surface area contributed by atoms with Crippen molar-refractivity contribution in [1.29, 1.82) is 0 Å². The van der Waals surface area contributed by atoms with Crippen LogP contribution in [-0.4, -0.2) is 36.9 Å². The lowest BCUT2D eigenvalue weighted by Gasteiger charge is -2.17. The van der Waals surface area contributed by atoms with Crippen molar-refractivity contribution in [3.63, 3.8) is 0 Å². The van der Waals surface area contributed by atoms with Crippen molar-refractivity contribution >= 4 is 29.1 Å². The molecule has 0 aliphatic heterocycles. The highest BCUT2D eigenvalue weighted by Crippen LogP contribution is 2.21. The number of anilines is 1. The van der Waals surface area contributed by atoms with Gasteiger partial charge in [0.05, 0.1) is 30.3 Å². The van der Waals surface area contributed by atoms with E-state index in [9.17, 15) is 9.59 Å². The number of hydrogen-bond donors (Lipinski definition) is 1. The van der Waals surface area contributed by atoms with E-state index >= 15 is 0 Å². The molecule has 0 saturated carbocycles. The maximum absolute atomic E-state index is 12.2. The molecule has 0 atom stereocenters. The second kappa shape index (κ2) is 9.25. The van der Waals surface area contributed by atoms with Crippen LogP contribution in [0.15, 0.2) is 42.5 Å². The third-order valence-electron chi connectivity index (χ3n) is 4.08. The van der Waals surface area contributed by atoms with E-state index < -0.39 is 0 Å². The summed E-state index contributed by atoms with van der Waals surface area (Å²) in [6, 6.07) is 12.8. The molecule has 0 radical (unpaired) electrons. The van der Waals surface area contributed by atoms with Crippen molar-refractivity contribution in [3.8, 4) is 5.75 Å². The molecule has 0 unspecified atom stereocenters. The van der Waals surface area contributed by atoms with Gasteiger partial charge in [-0.2, -0.15) is 0 Å². The van der Waals surface area contributed by atoms with Crippen molar-refractivity contribution in [3.05, 3.63) is 58.6 Å². The fourth-order valence-electron chi connectivity index (χ4n) is 2.38. The zero-order valence-electron chi connectivity index (χ0n) is 15.2. The number of nitrogens with zero attached hydrogens (tertiary/aromatic N) is 1. The van der Waals surface area contributed by atoms with Gasteiger partial charge in [0, 0.05) is 7.05 Å². The lowest BCUT2D eigenvalue weighted by atomic mass is 10.1. The highest BCUT2D eigenvalue weighted by atomic mass is 35.5. The van der Waals surface area contributed by atoms with Gasteiger partial charge in [0.25, 0.3) is 0 Å². The third kappa shape index (κ3) is 5.49. The topological polar surface area (TPSA) is 58.6 Å². The van der Waals surface area contributed by atoms with Gasteiger partial charge in [-0.15, -0.1) is 0 Å². The van der Waals surface area contributed by atoms with E-state index in [4.69, 9.17) is 16.3 Å². The second-order valence-corrected chi connectivity index (χ2v) is 6.48. The minimum atomic E-state index is -0.301. The quantitative estimate of drug-likeness (QED) is 0.801. The Balaban J connectivity index is 1.79. The summed E-state index contributed by atoms with van der Waals surface area (Å²) >= 11 is 6.01. The Labute approximate surface area is 158 Å². The largest absolute Gasteiger partial charge is 0.493 e. The molecule has 1 N–H and O–H groups in total. The summed E-state index contributed by atoms with van der Waals surface area (Å²) < 4.78 is 5.69. The molecule has 0 fully saturated rings. The first-order valence-electron chi connectivity index (χ1n) is 8.36. The molecule has 0 bridgehead atoms. The first kappa shape index (κ1) is 19.8. The fraction of sp³-hybridized carbons (Fsp3) is 0.300. The number of para-hydroxylation sites is 1. The zero-order chi connectivity index (χ0) is 19.1. The van der Waals surface area contributed by atoms with E-state index in [1.54, 1.807) is 31.3 Å². The average Bonchev–Trinajstić information content (AvgIpc) is 2.60. The minimum absolute atomic E-state index is 0.0481. The van der Waals surface area contributed by atoms with Gasteiger partial charge in [-0.1, -0.05) is 35.9 Å². The van der Waals surface area contributed by atoms with Crippen LogP contribution in [0.3, 0.4) is 0 Å². The van der Waals surface area contributed by atoms with Crippen molar-refractivity contribution in [2.24, 2.45) is 0 Å². The number of amides is 2. The summed E-state index contributed by atoms with van der Waals surface area (Å²) in [5, 5.41) is 3.15. The second-order valence-electron chi connectivity index (χ2n) is 6.07. The summed E-state index contributed by atoms with van der Waals surface area (Å²) in [6.45, 7) is 4.21. The molecule has 138 valence electrons. The van der Waals surface area contributed by atoms with Crippen LogP contribution < -0.4 is 10.1 Å². The minimum Gasteiger partial charge on any atom is -0.493 e. The molecule has 0 aliphatic rings. The molecule has 2 rings (SSSR count). The molecule has 5 nitrogen and oxygen atoms in total. The van der Waals surface area contributed by atoms with Gasteiger partial charge >= 0.3 is 0 Å². The molecule has 0 heterocycles. The Morgan fingerprint density at radius 2 is 1.85 bits per heavy atom. The van der Waals surface area contributed by atoms with Gasteiger partial charge in [-0.25, -0.2) is 0 Å². The number of nitrogens with one attached hydrogen (secondary N) is 1. The maximum atomic E-state index is 12.2. The van der Waals surface area contributed by atoms with E-state index in [0.29, 0.717) is 10.7 Å². The van der Waals surface area contributed by atoms with Crippen molar-refractivity contribution in [2.75, 3.05) is 25.5 Å². The summed E-state index contributed by atoms with van der Waals surface area (Å²) in [5.41, 5.74) is 2.73. The van der Waals surface area contributed by atoms with Crippen LogP contribution in [0.4, 0.5) is 5.69 Å². The van der Waals surface area contributed by atoms with Gasteiger partial charge in [0.1, 0.15) is 5.75 Å². The molecule has 0 aromatic heterocycles. The summed E-state index contributed by atoms with van der Waals surface area (Å²) in [5.74, 6) is 0.311. The van der Waals surface area contributed by atoms with Gasteiger partial charge < -0.3 is 15.0 Å². The molecule has 2 amide bonds. The van der Waals surface area contributed by atoms with Crippen molar-refractivity contribution in [2.45, 2.75) is 20.3 Å². The van der Waals surface area contributed by atoms with Gasteiger partial charge in [0.2, 0.25) is 11.8 Å². The SMILES string of the molecule is Cc1cccc(OCCC(=O)N(C)CC(=O)Nc2ccccc2Cl)c1C. The highest BCUT2D eigenvalue weighted by Gasteiger charge is 2.14. The van der Waals surface area contributed by atoms with Crippen LogP contribution in [0.1, 0.15) is 17.5 Å². The molecule has 6 heteroatoms. The number of halogens is 1. The lowest BCUT2D eigenvalue weighted by Crippen LogP contribution is -2.35. The Morgan fingerprint density at radius 1 is 1.12 bits per heavy atom. The van der Waals surface area contributed by atoms with E-state index in [1.165, 1.54) is 4.90 Å². The first-order chi connectivity index (χ1) is 12.4. The number of aryl methyl sites for hydroxylation is 1. The predicted octanol–water partition coefficient (Wildman–Crippen LogP) is 3.82. The number of rotatable bonds is 7. The Kier molecular flexibility index (Phi) is 7.04. The van der Waals surface area contributed by atoms with Gasteiger partial charge in [-0.05, 0) is 43.2 Å². The van der Waals surface area contributed by atoms with Crippen LogP contribution in [0.2, 0.25) is 5.02 Å². The predicted molar refractivity (Wildman–Crippen MR) is 104 cm³/mol. The fourth-order valence-corrected chi connectivity index (χ4v) is 2.56. The number of likely N-dealkylation sites (N-methyl/N-ethyl adjacent to an activating group) is 1. The van der Waals surface area contributed by atoms with Crippen LogP contribution in [-0.2, 0) is 9.59 Å². The molecule has 2 aromatic rings. The summed E-state index contributed by atoms with van der Waals surface area (Å²) in [7, 11) is 1.59. The van der Waals surface area contributed by atoms with Gasteiger partial charge in [0.15, 0.2) is 0 Å². The van der Waals surface area contributed by atoms with E-state index in [-0.39, 0.29) is 31.4 Å². The van der Waals surface area contributed by atoms with Crippen LogP contribution in [0, 0.1) is 13.8 Å². The smallest absolute Gasteiger partial charge is 0.244 e. The standard InChI is InChI=1S/C20H23ClN2O3/c1-14-7-6-10-18(15(14)2)26-12-11-20(25)23(3)13-19(24)22-17-9-5-4-8-16(17)21/h4-10H,11-13H2,1-3H3,(H,22,24). The van der Waals surface area contributed by atoms with Crippen molar-refractivity contribution < 1.29 is 14.3 Å². The van der Waals surface area contributed by atoms with Crippen molar-refractivity contribution in [1.82, 2.24) is 4.90 Å². The Bertz CT molecular complexity index is 792. The molecule has 0 spiro atoms. The number of benzene rings is 2.